The monoisotopic (exact) mass is 590 g/mol. The van der Waals surface area contributed by atoms with Crippen LogP contribution in [0.25, 0.3) is 0 Å². The molecule has 0 unspecified atom stereocenters. The Morgan fingerprint density at radius 2 is 1.62 bits per heavy atom. The summed E-state index contributed by atoms with van der Waals surface area (Å²) < 4.78 is 14.3. The Morgan fingerprint density at radius 3 is 2.33 bits per heavy atom. The van der Waals surface area contributed by atoms with Crippen LogP contribution in [0, 0.1) is 11.2 Å². The maximum atomic E-state index is 14.3. The summed E-state index contributed by atoms with van der Waals surface area (Å²) in [6.07, 6.45) is 2.17. The summed E-state index contributed by atoms with van der Waals surface area (Å²) in [7, 11) is 0. The molecule has 0 bridgehead atoms. The van der Waals surface area contributed by atoms with E-state index in [0.29, 0.717) is 13.1 Å². The molecule has 0 saturated carbocycles. The predicted molar refractivity (Wildman–Crippen MR) is 151 cm³/mol. The Hall–Kier alpha value is -3.17. The molecule has 40 heavy (non-hydrogen) atoms. The summed E-state index contributed by atoms with van der Waals surface area (Å²) in [5.74, 6) is -2.43. The quantitative estimate of drug-likeness (QED) is 0.461. The van der Waals surface area contributed by atoms with Crippen molar-refractivity contribution in [3.05, 3.63) is 63.4 Å². The van der Waals surface area contributed by atoms with Gasteiger partial charge >= 0.3 is 0 Å². The minimum atomic E-state index is -0.877. The van der Waals surface area contributed by atoms with E-state index < -0.39 is 30.2 Å². The number of carbonyl (C=O) groups is 4. The Bertz CT molecular complexity index is 1310. The number of nitrogens with zero attached hydrogens (tertiary/aromatic N) is 2. The van der Waals surface area contributed by atoms with Crippen molar-refractivity contribution in [2.24, 2.45) is 5.41 Å². The minimum Gasteiger partial charge on any atom is -0.345 e. The molecule has 4 rings (SSSR count). The number of benzene rings is 2. The average Bonchev–Trinajstić information content (AvgIpc) is 2.94. The first kappa shape index (κ1) is 29.8. The SMILES string of the molecule is CC1(C)CCN(C(=O)CCC(=O)N2Cc3ccccc3C[C@H]2C(=O)NCC(=O)Nc2ccc(Cl)c(Cl)c2F)CC1. The molecule has 2 heterocycles. The molecule has 2 aliphatic heterocycles. The first-order chi connectivity index (χ1) is 18.9. The predicted octanol–water partition coefficient (Wildman–Crippen LogP) is 4.57. The van der Waals surface area contributed by atoms with E-state index in [-0.39, 0.29) is 58.8 Å². The van der Waals surface area contributed by atoms with Crippen LogP contribution in [0.4, 0.5) is 10.1 Å². The number of anilines is 1. The molecule has 214 valence electrons. The molecule has 0 aromatic heterocycles. The summed E-state index contributed by atoms with van der Waals surface area (Å²) in [6, 6.07) is 9.30. The molecular formula is C29H33Cl2FN4O4. The smallest absolute Gasteiger partial charge is 0.243 e. The van der Waals surface area contributed by atoms with Crippen LogP contribution in [0.1, 0.15) is 50.7 Å². The topological polar surface area (TPSA) is 98.8 Å². The van der Waals surface area contributed by atoms with E-state index in [1.807, 2.05) is 29.2 Å². The Balaban J connectivity index is 1.38. The highest BCUT2D eigenvalue weighted by atomic mass is 35.5. The van der Waals surface area contributed by atoms with Crippen LogP contribution in [-0.2, 0) is 32.1 Å². The number of hydrogen-bond acceptors (Lipinski definition) is 4. The van der Waals surface area contributed by atoms with Crippen molar-refractivity contribution in [3.63, 3.8) is 0 Å². The Morgan fingerprint density at radius 1 is 0.975 bits per heavy atom. The minimum absolute atomic E-state index is 0.00869. The molecule has 2 aliphatic rings. The molecule has 0 spiro atoms. The Labute approximate surface area is 243 Å². The number of halogens is 3. The van der Waals surface area contributed by atoms with Gasteiger partial charge in [0.25, 0.3) is 0 Å². The highest BCUT2D eigenvalue weighted by molar-refractivity contribution is 6.42. The molecule has 1 atom stereocenters. The van der Waals surface area contributed by atoms with E-state index in [4.69, 9.17) is 23.2 Å². The second-order valence-corrected chi connectivity index (χ2v) is 11.8. The fraction of sp³-hybridized carbons (Fsp3) is 0.448. The largest absolute Gasteiger partial charge is 0.345 e. The first-order valence-electron chi connectivity index (χ1n) is 13.3. The zero-order valence-corrected chi connectivity index (χ0v) is 24.1. The maximum absolute atomic E-state index is 14.3. The van der Waals surface area contributed by atoms with Crippen molar-refractivity contribution in [1.29, 1.82) is 0 Å². The van der Waals surface area contributed by atoms with E-state index in [0.717, 1.165) is 24.0 Å². The van der Waals surface area contributed by atoms with Crippen LogP contribution in [0.2, 0.25) is 10.0 Å². The normalized spacial score (nSPS) is 18.1. The van der Waals surface area contributed by atoms with Crippen molar-refractivity contribution in [2.45, 2.75) is 58.5 Å². The fourth-order valence-electron chi connectivity index (χ4n) is 5.00. The van der Waals surface area contributed by atoms with Gasteiger partial charge in [0.2, 0.25) is 23.6 Å². The van der Waals surface area contributed by atoms with Crippen molar-refractivity contribution < 1.29 is 23.6 Å². The number of nitrogens with one attached hydrogen (secondary N) is 2. The van der Waals surface area contributed by atoms with Gasteiger partial charge in [0.05, 0.1) is 22.3 Å². The van der Waals surface area contributed by atoms with Gasteiger partial charge < -0.3 is 20.4 Å². The lowest BCUT2D eigenvalue weighted by Crippen LogP contribution is -2.53. The van der Waals surface area contributed by atoms with Gasteiger partial charge in [0.15, 0.2) is 5.82 Å². The zero-order valence-electron chi connectivity index (χ0n) is 22.6. The lowest BCUT2D eigenvalue weighted by atomic mass is 9.82. The van der Waals surface area contributed by atoms with Crippen LogP contribution in [0.3, 0.4) is 0 Å². The maximum Gasteiger partial charge on any atom is 0.243 e. The molecule has 4 amide bonds. The first-order valence-corrected chi connectivity index (χ1v) is 14.1. The van der Waals surface area contributed by atoms with Gasteiger partial charge in [-0.15, -0.1) is 0 Å². The lowest BCUT2D eigenvalue weighted by Gasteiger charge is -2.37. The molecule has 1 saturated heterocycles. The second kappa shape index (κ2) is 12.6. The second-order valence-electron chi connectivity index (χ2n) is 11.0. The third kappa shape index (κ3) is 7.12. The van der Waals surface area contributed by atoms with Gasteiger partial charge in [-0.05, 0) is 41.5 Å². The number of piperidine rings is 1. The molecule has 2 aromatic carbocycles. The Kier molecular flexibility index (Phi) is 9.36. The van der Waals surface area contributed by atoms with E-state index >= 15 is 0 Å². The average molecular weight is 592 g/mol. The molecule has 2 aromatic rings. The molecule has 2 N–H and O–H groups in total. The number of hydrogen-bond donors (Lipinski definition) is 2. The highest BCUT2D eigenvalue weighted by Crippen LogP contribution is 2.31. The molecule has 8 nitrogen and oxygen atoms in total. The summed E-state index contributed by atoms with van der Waals surface area (Å²) in [5.41, 5.74) is 1.90. The number of amides is 4. The number of carbonyl (C=O) groups excluding carboxylic acids is 4. The standard InChI is InChI=1S/C29H33Cl2FN4O4/c1-29(2)11-13-35(14-12-29)24(38)9-10-25(39)36-17-19-6-4-3-5-18(19)15-22(36)28(40)33-16-23(37)34-21-8-7-20(30)26(31)27(21)32/h3-8,22H,9-17H2,1-2H3,(H,33,40)(H,34,37)/t22-/m0/s1. The van der Waals surface area contributed by atoms with Crippen molar-refractivity contribution in [1.82, 2.24) is 15.1 Å². The van der Waals surface area contributed by atoms with E-state index in [9.17, 15) is 23.6 Å². The van der Waals surface area contributed by atoms with E-state index in [1.54, 1.807) is 0 Å². The number of fused-ring (bicyclic) bond motifs is 1. The van der Waals surface area contributed by atoms with Gasteiger partial charge in [-0.3, -0.25) is 19.2 Å². The van der Waals surface area contributed by atoms with Gasteiger partial charge in [-0.25, -0.2) is 4.39 Å². The summed E-state index contributed by atoms with van der Waals surface area (Å²) in [5, 5.41) is 4.61. The summed E-state index contributed by atoms with van der Waals surface area (Å²) in [6.45, 7) is 5.51. The molecule has 1 fully saturated rings. The van der Waals surface area contributed by atoms with E-state index in [1.165, 1.54) is 17.0 Å². The van der Waals surface area contributed by atoms with Gasteiger partial charge in [-0.2, -0.15) is 0 Å². The van der Waals surface area contributed by atoms with Crippen molar-refractivity contribution in [2.75, 3.05) is 25.0 Å². The number of likely N-dealkylation sites (tertiary alicyclic amines) is 1. The fourth-order valence-corrected chi connectivity index (χ4v) is 5.31. The molecular weight excluding hydrogens is 558 g/mol. The van der Waals surface area contributed by atoms with Crippen LogP contribution in [0.5, 0.6) is 0 Å². The van der Waals surface area contributed by atoms with Crippen LogP contribution < -0.4 is 10.6 Å². The highest BCUT2D eigenvalue weighted by Gasteiger charge is 2.35. The van der Waals surface area contributed by atoms with Gasteiger partial charge in [-0.1, -0.05) is 61.3 Å². The summed E-state index contributed by atoms with van der Waals surface area (Å²) >= 11 is 11.6. The van der Waals surface area contributed by atoms with Gasteiger partial charge in [0, 0.05) is 38.9 Å². The van der Waals surface area contributed by atoms with Crippen LogP contribution in [-0.4, -0.2) is 59.1 Å². The van der Waals surface area contributed by atoms with E-state index in [2.05, 4.69) is 24.5 Å². The number of rotatable bonds is 7. The lowest BCUT2D eigenvalue weighted by molar-refractivity contribution is -0.144. The third-order valence-electron chi connectivity index (χ3n) is 7.63. The van der Waals surface area contributed by atoms with Gasteiger partial charge in [0.1, 0.15) is 6.04 Å². The molecule has 0 radical (unpaired) electrons. The molecule has 11 heteroatoms. The van der Waals surface area contributed by atoms with Crippen LogP contribution >= 0.6 is 23.2 Å². The van der Waals surface area contributed by atoms with Crippen molar-refractivity contribution in [3.8, 4) is 0 Å². The zero-order chi connectivity index (χ0) is 29.0. The third-order valence-corrected chi connectivity index (χ3v) is 8.41. The van der Waals surface area contributed by atoms with Crippen molar-refractivity contribution >= 4 is 52.5 Å². The molecule has 0 aliphatic carbocycles. The summed E-state index contributed by atoms with van der Waals surface area (Å²) in [4.78, 5) is 55.1. The van der Waals surface area contributed by atoms with Crippen LogP contribution in [0.15, 0.2) is 36.4 Å².